The van der Waals surface area contributed by atoms with Crippen LogP contribution in [-0.2, 0) is 14.3 Å². The summed E-state index contributed by atoms with van der Waals surface area (Å²) in [7, 11) is 0. The van der Waals surface area contributed by atoms with E-state index in [-0.39, 0.29) is 29.5 Å². The molecule has 1 saturated heterocycles. The molecule has 8 nitrogen and oxygen atoms in total. The summed E-state index contributed by atoms with van der Waals surface area (Å²) in [5.74, 6) is -5.90. The van der Waals surface area contributed by atoms with Gasteiger partial charge in [0, 0.05) is 6.54 Å². The van der Waals surface area contributed by atoms with Gasteiger partial charge in [0.25, 0.3) is 0 Å². The van der Waals surface area contributed by atoms with Gasteiger partial charge in [0.1, 0.15) is 11.4 Å². The largest absolute Gasteiger partial charge is 0.444 e. The van der Waals surface area contributed by atoms with Crippen LogP contribution in [0.3, 0.4) is 0 Å². The maximum absolute atomic E-state index is 13.8. The Labute approximate surface area is 207 Å². The van der Waals surface area contributed by atoms with Crippen molar-refractivity contribution in [2.75, 3.05) is 17.2 Å². The minimum atomic E-state index is -1.59. The molecule has 2 heterocycles. The van der Waals surface area contributed by atoms with Crippen LogP contribution in [0.2, 0.25) is 0 Å². The molecule has 3 amide bonds. The van der Waals surface area contributed by atoms with E-state index in [1.54, 1.807) is 27.7 Å². The number of hydrogen-bond donors (Lipinski definition) is 2. The molecule has 0 spiro atoms. The third-order valence-electron chi connectivity index (χ3n) is 5.62. The average molecular weight is 507 g/mol. The number of nitrogens with one attached hydrogen (secondary N) is 2. The Morgan fingerprint density at radius 3 is 2.28 bits per heavy atom. The van der Waals surface area contributed by atoms with Crippen molar-refractivity contribution >= 4 is 29.4 Å². The molecule has 1 aliphatic rings. The fraction of sp³-hybridized carbons (Fsp3) is 0.440. The van der Waals surface area contributed by atoms with Crippen LogP contribution in [0.25, 0.3) is 0 Å². The molecule has 1 aromatic heterocycles. The zero-order chi connectivity index (χ0) is 26.8. The molecule has 1 aromatic carbocycles. The maximum atomic E-state index is 13.8. The third kappa shape index (κ3) is 6.52. The van der Waals surface area contributed by atoms with E-state index in [9.17, 15) is 27.6 Å². The van der Waals surface area contributed by atoms with Crippen molar-refractivity contribution in [2.24, 2.45) is 5.92 Å². The number of hydrogen-bond acceptors (Lipinski definition) is 5. The summed E-state index contributed by atoms with van der Waals surface area (Å²) in [6.45, 7) is 8.90. The molecule has 2 atom stereocenters. The van der Waals surface area contributed by atoms with Crippen LogP contribution in [-0.4, -0.2) is 39.9 Å². The Morgan fingerprint density at radius 1 is 1.06 bits per heavy atom. The van der Waals surface area contributed by atoms with Crippen molar-refractivity contribution in [3.05, 3.63) is 53.0 Å². The smallest absolute Gasteiger partial charge is 0.413 e. The number of carbonyl (C=O) groups is 3. The van der Waals surface area contributed by atoms with Crippen LogP contribution in [0.5, 0.6) is 0 Å². The summed E-state index contributed by atoms with van der Waals surface area (Å²) in [5.41, 5.74) is 0.102. The average Bonchev–Trinajstić information content (AvgIpc) is 2.77. The van der Waals surface area contributed by atoms with E-state index < -0.39 is 47.0 Å². The molecule has 11 heteroatoms. The van der Waals surface area contributed by atoms with E-state index in [2.05, 4.69) is 15.6 Å². The number of likely N-dealkylation sites (tertiary alicyclic amines) is 1. The van der Waals surface area contributed by atoms with E-state index in [1.165, 1.54) is 17.2 Å². The molecule has 0 bridgehead atoms. The van der Waals surface area contributed by atoms with Crippen LogP contribution < -0.4 is 10.6 Å². The van der Waals surface area contributed by atoms with Gasteiger partial charge < -0.3 is 15.0 Å². The van der Waals surface area contributed by atoms with Gasteiger partial charge >= 0.3 is 17.9 Å². The number of nitrogens with zero attached hydrogens (tertiary/aromatic N) is 2. The number of ether oxygens (including phenoxy) is 1. The summed E-state index contributed by atoms with van der Waals surface area (Å²) >= 11 is 0. The number of benzene rings is 1. The van der Waals surface area contributed by atoms with Crippen LogP contribution >= 0.6 is 0 Å². The summed E-state index contributed by atoms with van der Waals surface area (Å²) in [5, 5.41) is 4.99. The quantitative estimate of drug-likeness (QED) is 0.446. The molecule has 3 rings (SSSR count). The van der Waals surface area contributed by atoms with Crippen molar-refractivity contribution in [1.29, 1.82) is 0 Å². The van der Waals surface area contributed by atoms with Gasteiger partial charge in [0.2, 0.25) is 0 Å². The Balaban J connectivity index is 1.74. The summed E-state index contributed by atoms with van der Waals surface area (Å²) in [6, 6.07) is 2.43. The molecule has 2 aromatic rings. The van der Waals surface area contributed by atoms with Crippen molar-refractivity contribution in [3.63, 3.8) is 0 Å². The van der Waals surface area contributed by atoms with E-state index in [0.29, 0.717) is 18.4 Å². The molecule has 0 radical (unpaired) electrons. The van der Waals surface area contributed by atoms with E-state index in [0.717, 1.165) is 12.1 Å². The fourth-order valence-corrected chi connectivity index (χ4v) is 3.98. The van der Waals surface area contributed by atoms with Gasteiger partial charge in [-0.25, -0.2) is 22.9 Å². The van der Waals surface area contributed by atoms with Gasteiger partial charge in [-0.15, -0.1) is 0 Å². The minimum Gasteiger partial charge on any atom is -0.444 e. The number of pyridine rings is 1. The monoisotopic (exact) mass is 506 g/mol. The number of piperidine rings is 1. The second-order valence-corrected chi connectivity index (χ2v) is 9.92. The van der Waals surface area contributed by atoms with Gasteiger partial charge in [-0.2, -0.15) is 0 Å². The van der Waals surface area contributed by atoms with E-state index >= 15 is 0 Å². The number of amides is 3. The van der Waals surface area contributed by atoms with Gasteiger partial charge in [-0.05, 0) is 75.8 Å². The zero-order valence-corrected chi connectivity index (χ0v) is 20.7. The fourth-order valence-electron chi connectivity index (χ4n) is 3.98. The first-order valence-electron chi connectivity index (χ1n) is 11.5. The summed E-state index contributed by atoms with van der Waals surface area (Å²) < 4.78 is 46.3. The molecular formula is C25H29F3N4O4. The van der Waals surface area contributed by atoms with Gasteiger partial charge in [-0.1, -0.05) is 6.92 Å². The Bertz CT molecular complexity index is 1160. The Hall–Kier alpha value is -3.63. The van der Waals surface area contributed by atoms with Gasteiger partial charge in [0.05, 0.1) is 17.9 Å². The van der Waals surface area contributed by atoms with Crippen molar-refractivity contribution in [1.82, 2.24) is 9.88 Å². The number of rotatable bonds is 3. The molecule has 1 aliphatic heterocycles. The SMILES string of the molecule is Cc1cc(NC(=O)C(=O)N2C[C@H](C)CC[C@H]2c2cc(F)c(F)c(F)c2)cnc1NC(=O)OC(C)(C)C. The zero-order valence-electron chi connectivity index (χ0n) is 20.7. The first-order chi connectivity index (χ1) is 16.7. The van der Waals surface area contributed by atoms with E-state index in [1.807, 2.05) is 6.92 Å². The number of halogens is 3. The first kappa shape index (κ1) is 27.0. The number of aromatic nitrogens is 1. The Morgan fingerprint density at radius 2 is 1.69 bits per heavy atom. The lowest BCUT2D eigenvalue weighted by atomic mass is 9.89. The molecular weight excluding hydrogens is 477 g/mol. The topological polar surface area (TPSA) is 101 Å². The number of anilines is 2. The molecule has 0 saturated carbocycles. The van der Waals surface area contributed by atoms with E-state index in [4.69, 9.17) is 4.74 Å². The number of aryl methyl sites for hydroxylation is 1. The highest BCUT2D eigenvalue weighted by molar-refractivity contribution is 6.39. The molecule has 0 aliphatic carbocycles. The molecule has 1 fully saturated rings. The van der Waals surface area contributed by atoms with Gasteiger partial charge in [0.15, 0.2) is 17.5 Å². The number of carbonyl (C=O) groups excluding carboxylic acids is 3. The predicted octanol–water partition coefficient (Wildman–Crippen LogP) is 5.09. The maximum Gasteiger partial charge on any atom is 0.413 e. The lowest BCUT2D eigenvalue weighted by molar-refractivity contribution is -0.146. The van der Waals surface area contributed by atoms with Crippen molar-refractivity contribution < 1.29 is 32.3 Å². The minimum absolute atomic E-state index is 0.0512. The van der Waals surface area contributed by atoms with Crippen molar-refractivity contribution in [2.45, 2.75) is 59.1 Å². The lowest BCUT2D eigenvalue weighted by Crippen LogP contribution is -2.46. The van der Waals surface area contributed by atoms with Crippen LogP contribution in [0.15, 0.2) is 24.4 Å². The molecule has 36 heavy (non-hydrogen) atoms. The highest BCUT2D eigenvalue weighted by atomic mass is 19.2. The second-order valence-electron chi connectivity index (χ2n) is 9.92. The molecule has 0 unspecified atom stereocenters. The highest BCUT2D eigenvalue weighted by Gasteiger charge is 2.35. The summed E-state index contributed by atoms with van der Waals surface area (Å²) in [4.78, 5) is 43.2. The molecule has 194 valence electrons. The first-order valence-corrected chi connectivity index (χ1v) is 11.5. The van der Waals surface area contributed by atoms with Crippen LogP contribution in [0.1, 0.15) is 57.7 Å². The third-order valence-corrected chi connectivity index (χ3v) is 5.62. The normalized spacial score (nSPS) is 17.9. The second kappa shape index (κ2) is 10.5. The standard InChI is InChI=1S/C25H29F3N4O4/c1-13-6-7-19(15-9-17(26)20(28)18(27)10-15)32(12-13)23(34)22(33)30-16-8-14(2)21(29-11-16)31-24(35)36-25(3,4)5/h8-11,13,19H,6-7,12H2,1-5H3,(H,30,33)(H,29,31,35)/t13-,19+/m1/s1. The summed E-state index contributed by atoms with van der Waals surface area (Å²) in [6.07, 6.45) is 1.60. The lowest BCUT2D eigenvalue weighted by Gasteiger charge is -2.38. The molecule has 2 N–H and O–H groups in total. The Kier molecular flexibility index (Phi) is 7.90. The van der Waals surface area contributed by atoms with Gasteiger partial charge in [-0.3, -0.25) is 14.9 Å². The van der Waals surface area contributed by atoms with Crippen LogP contribution in [0, 0.1) is 30.3 Å². The highest BCUT2D eigenvalue weighted by Crippen LogP contribution is 2.34. The predicted molar refractivity (Wildman–Crippen MR) is 127 cm³/mol. The van der Waals surface area contributed by atoms with Crippen molar-refractivity contribution in [3.8, 4) is 0 Å². The van der Waals surface area contributed by atoms with Crippen LogP contribution in [0.4, 0.5) is 29.5 Å².